The molecule has 2 aliphatic rings. The minimum atomic E-state index is -3.38. The number of carbonyl (C=O) groups is 1. The van der Waals surface area contributed by atoms with Crippen LogP contribution >= 0.6 is 0 Å². The molecular weight excluding hydrogens is 316 g/mol. The van der Waals surface area contributed by atoms with Crippen LogP contribution in [0.25, 0.3) is 0 Å². The Morgan fingerprint density at radius 3 is 1.91 bits per heavy atom. The molecule has 0 aromatic heterocycles. The van der Waals surface area contributed by atoms with Gasteiger partial charge in [-0.2, -0.15) is 17.0 Å². The van der Waals surface area contributed by atoms with Gasteiger partial charge in [0.05, 0.1) is 0 Å². The van der Waals surface area contributed by atoms with Gasteiger partial charge in [-0.15, -0.1) is 0 Å². The number of likely N-dealkylation sites (N-methyl/N-ethyl adjacent to an activating group) is 1. The van der Waals surface area contributed by atoms with E-state index in [1.807, 2.05) is 11.9 Å². The Morgan fingerprint density at radius 1 is 0.870 bits per heavy atom. The summed E-state index contributed by atoms with van der Waals surface area (Å²) in [4.78, 5) is 16.1. The molecule has 2 rings (SSSR count). The molecule has 0 spiro atoms. The zero-order chi connectivity index (χ0) is 16.9. The van der Waals surface area contributed by atoms with E-state index in [1.54, 1.807) is 4.31 Å². The van der Waals surface area contributed by atoms with Gasteiger partial charge in [0.25, 0.3) is 10.2 Å². The smallest absolute Gasteiger partial charge is 0.282 e. The van der Waals surface area contributed by atoms with Crippen molar-refractivity contribution >= 4 is 16.1 Å². The maximum Gasteiger partial charge on any atom is 0.282 e. The van der Waals surface area contributed by atoms with Crippen LogP contribution in [0, 0.1) is 0 Å². The average Bonchev–Trinajstić information content (AvgIpc) is 2.55. The Balaban J connectivity index is 1.82. The van der Waals surface area contributed by atoms with E-state index in [2.05, 4.69) is 11.8 Å². The normalized spacial score (nSPS) is 22.4. The van der Waals surface area contributed by atoms with Crippen molar-refractivity contribution in [2.45, 2.75) is 32.6 Å². The van der Waals surface area contributed by atoms with E-state index in [4.69, 9.17) is 0 Å². The summed E-state index contributed by atoms with van der Waals surface area (Å²) in [5, 5.41) is 0. The number of carbonyl (C=O) groups excluding carboxylic acids is 1. The quantitative estimate of drug-likeness (QED) is 0.645. The van der Waals surface area contributed by atoms with Gasteiger partial charge < -0.3 is 9.80 Å². The van der Waals surface area contributed by atoms with E-state index in [-0.39, 0.29) is 5.91 Å². The number of amides is 1. The fourth-order valence-electron chi connectivity index (χ4n) is 3.03. The lowest BCUT2D eigenvalue weighted by Crippen LogP contribution is -2.57. The first-order chi connectivity index (χ1) is 10.9. The third kappa shape index (κ3) is 4.89. The van der Waals surface area contributed by atoms with Gasteiger partial charge >= 0.3 is 0 Å². The van der Waals surface area contributed by atoms with Crippen LogP contribution in [0.5, 0.6) is 0 Å². The standard InChI is InChI=1S/C15H30N4O3S/c1-3-4-5-6-15(20)17-9-13-19(14-10-17)23(21,22)18-11-7-16(2)8-12-18/h3-14H2,1-2H3. The predicted octanol–water partition coefficient (Wildman–Crippen LogP) is 0.203. The Hall–Kier alpha value is -0.700. The fourth-order valence-corrected chi connectivity index (χ4v) is 4.61. The van der Waals surface area contributed by atoms with Crippen LogP contribution in [0.2, 0.25) is 0 Å². The minimum absolute atomic E-state index is 0.162. The van der Waals surface area contributed by atoms with Crippen molar-refractivity contribution in [3.8, 4) is 0 Å². The molecule has 0 saturated carbocycles. The zero-order valence-corrected chi connectivity index (χ0v) is 15.2. The summed E-state index contributed by atoms with van der Waals surface area (Å²) < 4.78 is 28.4. The van der Waals surface area contributed by atoms with Crippen LogP contribution in [0.4, 0.5) is 0 Å². The molecule has 0 N–H and O–H groups in total. The highest BCUT2D eigenvalue weighted by Crippen LogP contribution is 2.15. The Bertz CT molecular complexity index is 481. The molecule has 2 heterocycles. The number of hydrogen-bond donors (Lipinski definition) is 0. The molecule has 0 atom stereocenters. The molecule has 7 nitrogen and oxygen atoms in total. The molecule has 2 saturated heterocycles. The Labute approximate surface area is 140 Å². The maximum atomic E-state index is 12.7. The van der Waals surface area contributed by atoms with Gasteiger partial charge in [-0.25, -0.2) is 0 Å². The summed E-state index contributed by atoms with van der Waals surface area (Å²) in [6.45, 7) is 6.61. The molecule has 0 unspecified atom stereocenters. The molecule has 2 fully saturated rings. The Kier molecular flexibility index (Phi) is 6.82. The van der Waals surface area contributed by atoms with E-state index < -0.39 is 10.2 Å². The maximum absolute atomic E-state index is 12.7. The summed E-state index contributed by atoms with van der Waals surface area (Å²) in [5.74, 6) is 0.162. The van der Waals surface area contributed by atoms with Crippen molar-refractivity contribution in [2.75, 3.05) is 59.4 Å². The number of nitrogens with zero attached hydrogens (tertiary/aromatic N) is 4. The van der Waals surface area contributed by atoms with Gasteiger partial charge in [-0.1, -0.05) is 19.8 Å². The molecule has 0 aromatic rings. The first-order valence-corrected chi connectivity index (χ1v) is 10.1. The van der Waals surface area contributed by atoms with Crippen LogP contribution in [0.3, 0.4) is 0 Å². The third-order valence-corrected chi connectivity index (χ3v) is 6.74. The second kappa shape index (κ2) is 8.41. The fraction of sp³-hybridized carbons (Fsp3) is 0.933. The molecule has 23 heavy (non-hydrogen) atoms. The van der Waals surface area contributed by atoms with Crippen LogP contribution in [-0.2, 0) is 15.0 Å². The van der Waals surface area contributed by atoms with Gasteiger partial charge in [0, 0.05) is 58.8 Å². The second-order valence-corrected chi connectivity index (χ2v) is 8.38. The average molecular weight is 346 g/mol. The summed E-state index contributed by atoms with van der Waals surface area (Å²) in [7, 11) is -1.37. The highest BCUT2D eigenvalue weighted by Gasteiger charge is 2.34. The molecule has 0 bridgehead atoms. The summed E-state index contributed by atoms with van der Waals surface area (Å²) in [6.07, 6.45) is 3.68. The topological polar surface area (TPSA) is 64.2 Å². The van der Waals surface area contributed by atoms with Crippen molar-refractivity contribution in [1.82, 2.24) is 18.4 Å². The van der Waals surface area contributed by atoms with Crippen LogP contribution < -0.4 is 0 Å². The van der Waals surface area contributed by atoms with Crippen molar-refractivity contribution in [1.29, 1.82) is 0 Å². The highest BCUT2D eigenvalue weighted by atomic mass is 32.2. The lowest BCUT2D eigenvalue weighted by Gasteiger charge is -2.39. The van der Waals surface area contributed by atoms with Crippen molar-refractivity contribution in [2.24, 2.45) is 0 Å². The zero-order valence-electron chi connectivity index (χ0n) is 14.4. The van der Waals surface area contributed by atoms with Crippen molar-refractivity contribution in [3.05, 3.63) is 0 Å². The van der Waals surface area contributed by atoms with Crippen LogP contribution in [-0.4, -0.2) is 92.1 Å². The SMILES string of the molecule is CCCCCC(=O)N1CCN(S(=O)(=O)N2CCN(C)CC2)CC1. The van der Waals surface area contributed by atoms with Crippen molar-refractivity contribution < 1.29 is 13.2 Å². The lowest BCUT2D eigenvalue weighted by molar-refractivity contribution is -0.132. The minimum Gasteiger partial charge on any atom is -0.340 e. The molecule has 134 valence electrons. The monoisotopic (exact) mass is 346 g/mol. The Morgan fingerprint density at radius 2 is 1.39 bits per heavy atom. The molecular formula is C15H30N4O3S. The second-order valence-electron chi connectivity index (χ2n) is 6.45. The lowest BCUT2D eigenvalue weighted by atomic mass is 10.2. The molecule has 2 aliphatic heterocycles. The van der Waals surface area contributed by atoms with E-state index in [1.165, 1.54) is 4.31 Å². The largest absolute Gasteiger partial charge is 0.340 e. The van der Waals surface area contributed by atoms with Crippen LogP contribution in [0.1, 0.15) is 32.6 Å². The van der Waals surface area contributed by atoms with E-state index >= 15 is 0 Å². The first-order valence-electron chi connectivity index (χ1n) is 8.66. The highest BCUT2D eigenvalue weighted by molar-refractivity contribution is 7.86. The molecule has 0 aliphatic carbocycles. The number of rotatable bonds is 6. The van der Waals surface area contributed by atoms with Crippen LogP contribution in [0.15, 0.2) is 0 Å². The van der Waals surface area contributed by atoms with Gasteiger partial charge in [0.1, 0.15) is 0 Å². The van der Waals surface area contributed by atoms with Crippen molar-refractivity contribution in [3.63, 3.8) is 0 Å². The number of piperazine rings is 2. The van der Waals surface area contributed by atoms with Gasteiger partial charge in [-0.05, 0) is 13.5 Å². The van der Waals surface area contributed by atoms with Gasteiger partial charge in [0.2, 0.25) is 5.91 Å². The summed E-state index contributed by atoms with van der Waals surface area (Å²) in [5.41, 5.74) is 0. The van der Waals surface area contributed by atoms with Gasteiger partial charge in [-0.3, -0.25) is 4.79 Å². The molecule has 1 amide bonds. The summed E-state index contributed by atoms with van der Waals surface area (Å²) in [6, 6.07) is 0. The molecule has 8 heteroatoms. The first kappa shape index (κ1) is 18.6. The van der Waals surface area contributed by atoms with E-state index in [9.17, 15) is 13.2 Å². The predicted molar refractivity (Wildman–Crippen MR) is 90.3 cm³/mol. The number of unbranched alkanes of at least 4 members (excludes halogenated alkanes) is 2. The molecule has 0 aromatic carbocycles. The number of hydrogen-bond acceptors (Lipinski definition) is 4. The summed E-state index contributed by atoms with van der Waals surface area (Å²) >= 11 is 0. The third-order valence-electron chi connectivity index (χ3n) is 4.70. The molecule has 0 radical (unpaired) electrons. The van der Waals surface area contributed by atoms with E-state index in [0.29, 0.717) is 45.7 Å². The van der Waals surface area contributed by atoms with Gasteiger partial charge in [0.15, 0.2) is 0 Å². The van der Waals surface area contributed by atoms with E-state index in [0.717, 1.165) is 32.4 Å².